The number of carbonyl (C=O) groups is 1. The first kappa shape index (κ1) is 17.6. The summed E-state index contributed by atoms with van der Waals surface area (Å²) >= 11 is 0. The monoisotopic (exact) mass is 310 g/mol. The normalized spacial score (nSPS) is 27.3. The van der Waals surface area contributed by atoms with Gasteiger partial charge in [0.05, 0.1) is 0 Å². The van der Waals surface area contributed by atoms with Crippen LogP contribution < -0.4 is 5.32 Å². The van der Waals surface area contributed by atoms with Crippen molar-refractivity contribution < 1.29 is 9.53 Å². The van der Waals surface area contributed by atoms with Crippen molar-refractivity contribution in [2.75, 3.05) is 19.6 Å². The Labute approximate surface area is 136 Å². The highest BCUT2D eigenvalue weighted by molar-refractivity contribution is 5.68. The second-order valence-corrected chi connectivity index (χ2v) is 8.25. The Kier molecular flexibility index (Phi) is 6.13. The summed E-state index contributed by atoms with van der Waals surface area (Å²) in [5.74, 6) is 1.60. The van der Waals surface area contributed by atoms with Gasteiger partial charge < -0.3 is 15.0 Å². The van der Waals surface area contributed by atoms with Gasteiger partial charge in [0.1, 0.15) is 5.60 Å². The molecule has 0 bridgehead atoms. The van der Waals surface area contributed by atoms with E-state index in [1.165, 1.54) is 45.2 Å². The van der Waals surface area contributed by atoms with Crippen molar-refractivity contribution in [3.63, 3.8) is 0 Å². The van der Waals surface area contributed by atoms with Crippen molar-refractivity contribution in [1.29, 1.82) is 0 Å². The van der Waals surface area contributed by atoms with Gasteiger partial charge in [0.2, 0.25) is 0 Å². The third-order valence-corrected chi connectivity index (χ3v) is 4.77. The first-order chi connectivity index (χ1) is 10.4. The van der Waals surface area contributed by atoms with E-state index in [0.29, 0.717) is 5.92 Å². The smallest absolute Gasteiger partial charge is 0.407 e. The standard InChI is InChI=1S/C18H34N2O2/c1-5-7-15-10-16(19-17(21)22-18(2,3)4)13-20(12-15)11-14-8-6-9-14/h14-16H,5-13H2,1-4H3,(H,19,21). The average molecular weight is 310 g/mol. The zero-order chi connectivity index (χ0) is 16.2. The number of nitrogens with one attached hydrogen (secondary N) is 1. The van der Waals surface area contributed by atoms with E-state index in [4.69, 9.17) is 4.74 Å². The topological polar surface area (TPSA) is 41.6 Å². The highest BCUT2D eigenvalue weighted by atomic mass is 16.6. The summed E-state index contributed by atoms with van der Waals surface area (Å²) in [5.41, 5.74) is -0.423. The molecular formula is C18H34N2O2. The number of likely N-dealkylation sites (tertiary alicyclic amines) is 1. The van der Waals surface area contributed by atoms with Crippen LogP contribution in [0.2, 0.25) is 0 Å². The fraction of sp³-hybridized carbons (Fsp3) is 0.944. The van der Waals surface area contributed by atoms with Crippen LogP contribution in [0, 0.1) is 11.8 Å². The Balaban J connectivity index is 1.86. The fourth-order valence-electron chi connectivity index (χ4n) is 3.69. The molecule has 128 valence electrons. The van der Waals surface area contributed by atoms with Crippen LogP contribution in [-0.4, -0.2) is 42.3 Å². The Bertz CT molecular complexity index is 361. The number of piperidine rings is 1. The molecule has 22 heavy (non-hydrogen) atoms. The van der Waals surface area contributed by atoms with Crippen LogP contribution in [0.15, 0.2) is 0 Å². The molecule has 0 aromatic heterocycles. The number of rotatable bonds is 5. The molecule has 1 aliphatic heterocycles. The molecule has 2 fully saturated rings. The molecule has 1 saturated heterocycles. The van der Waals surface area contributed by atoms with Gasteiger partial charge in [0, 0.05) is 25.7 Å². The maximum atomic E-state index is 12.0. The predicted molar refractivity (Wildman–Crippen MR) is 90.0 cm³/mol. The van der Waals surface area contributed by atoms with Gasteiger partial charge in [-0.2, -0.15) is 0 Å². The average Bonchev–Trinajstić information content (AvgIpc) is 2.31. The molecular weight excluding hydrogens is 276 g/mol. The van der Waals surface area contributed by atoms with Gasteiger partial charge in [-0.15, -0.1) is 0 Å². The Morgan fingerprint density at radius 1 is 1.23 bits per heavy atom. The highest BCUT2D eigenvalue weighted by Gasteiger charge is 2.31. The molecule has 0 aromatic rings. The Morgan fingerprint density at radius 2 is 1.95 bits per heavy atom. The third kappa shape index (κ3) is 5.79. The van der Waals surface area contributed by atoms with E-state index >= 15 is 0 Å². The van der Waals surface area contributed by atoms with Crippen LogP contribution in [0.3, 0.4) is 0 Å². The molecule has 1 amide bonds. The maximum absolute atomic E-state index is 12.0. The van der Waals surface area contributed by atoms with Crippen molar-refractivity contribution in [3.05, 3.63) is 0 Å². The SMILES string of the molecule is CCCC1CC(NC(=O)OC(C)(C)C)CN(CC2CCC2)C1. The first-order valence-corrected chi connectivity index (χ1v) is 9.07. The molecule has 4 heteroatoms. The quantitative estimate of drug-likeness (QED) is 0.839. The molecule has 1 N–H and O–H groups in total. The Hall–Kier alpha value is -0.770. The van der Waals surface area contributed by atoms with Gasteiger partial charge >= 0.3 is 6.09 Å². The van der Waals surface area contributed by atoms with Crippen molar-refractivity contribution in [3.8, 4) is 0 Å². The molecule has 2 atom stereocenters. The molecule has 0 spiro atoms. The molecule has 4 nitrogen and oxygen atoms in total. The molecule has 1 aliphatic carbocycles. The van der Waals surface area contributed by atoms with E-state index in [1.54, 1.807) is 0 Å². The van der Waals surface area contributed by atoms with Gasteiger partial charge in [-0.25, -0.2) is 4.79 Å². The molecule has 0 aromatic carbocycles. The van der Waals surface area contributed by atoms with E-state index in [2.05, 4.69) is 17.1 Å². The van der Waals surface area contributed by atoms with Gasteiger partial charge in [-0.1, -0.05) is 19.8 Å². The lowest BCUT2D eigenvalue weighted by Gasteiger charge is -2.41. The zero-order valence-corrected chi connectivity index (χ0v) is 14.9. The summed E-state index contributed by atoms with van der Waals surface area (Å²) in [5, 5.41) is 3.10. The van der Waals surface area contributed by atoms with Crippen LogP contribution in [0.25, 0.3) is 0 Å². The molecule has 2 unspecified atom stereocenters. The lowest BCUT2D eigenvalue weighted by molar-refractivity contribution is 0.0423. The van der Waals surface area contributed by atoms with Gasteiger partial charge in [-0.3, -0.25) is 0 Å². The van der Waals surface area contributed by atoms with E-state index < -0.39 is 5.60 Å². The van der Waals surface area contributed by atoms with Crippen molar-refractivity contribution in [2.45, 2.75) is 77.9 Å². The summed E-state index contributed by atoms with van der Waals surface area (Å²) < 4.78 is 5.42. The minimum absolute atomic E-state index is 0.236. The van der Waals surface area contributed by atoms with Crippen LogP contribution in [0.4, 0.5) is 4.79 Å². The summed E-state index contributed by atoms with van der Waals surface area (Å²) in [7, 11) is 0. The van der Waals surface area contributed by atoms with E-state index in [0.717, 1.165) is 18.9 Å². The molecule has 1 heterocycles. The minimum Gasteiger partial charge on any atom is -0.444 e. The fourth-order valence-corrected chi connectivity index (χ4v) is 3.69. The van der Waals surface area contributed by atoms with Gasteiger partial charge in [-0.05, 0) is 58.3 Å². The summed E-state index contributed by atoms with van der Waals surface area (Å²) in [4.78, 5) is 14.6. The number of nitrogens with zero attached hydrogens (tertiary/aromatic N) is 1. The number of hydrogen-bond acceptors (Lipinski definition) is 3. The maximum Gasteiger partial charge on any atom is 0.407 e. The van der Waals surface area contributed by atoms with Crippen LogP contribution in [0.1, 0.15) is 66.2 Å². The third-order valence-electron chi connectivity index (χ3n) is 4.77. The van der Waals surface area contributed by atoms with Gasteiger partial charge in [0.15, 0.2) is 0 Å². The van der Waals surface area contributed by atoms with Crippen molar-refractivity contribution in [2.24, 2.45) is 11.8 Å². The van der Waals surface area contributed by atoms with Crippen LogP contribution in [0.5, 0.6) is 0 Å². The van der Waals surface area contributed by atoms with E-state index in [9.17, 15) is 4.79 Å². The summed E-state index contributed by atoms with van der Waals surface area (Å²) in [6, 6.07) is 0.236. The largest absolute Gasteiger partial charge is 0.444 e. The summed E-state index contributed by atoms with van der Waals surface area (Å²) in [6.07, 6.45) is 7.48. The van der Waals surface area contributed by atoms with E-state index in [-0.39, 0.29) is 12.1 Å². The lowest BCUT2D eigenvalue weighted by Crippen LogP contribution is -2.52. The molecule has 1 saturated carbocycles. The van der Waals surface area contributed by atoms with Crippen LogP contribution in [-0.2, 0) is 4.74 Å². The number of alkyl carbamates (subject to hydrolysis) is 1. The second-order valence-electron chi connectivity index (χ2n) is 8.25. The molecule has 0 radical (unpaired) electrons. The van der Waals surface area contributed by atoms with Crippen LogP contribution >= 0.6 is 0 Å². The number of amides is 1. The minimum atomic E-state index is -0.423. The van der Waals surface area contributed by atoms with Gasteiger partial charge in [0.25, 0.3) is 0 Å². The summed E-state index contributed by atoms with van der Waals surface area (Å²) in [6.45, 7) is 11.4. The number of hydrogen-bond donors (Lipinski definition) is 1. The van der Waals surface area contributed by atoms with E-state index in [1.807, 2.05) is 20.8 Å². The number of carbonyl (C=O) groups excluding carboxylic acids is 1. The first-order valence-electron chi connectivity index (χ1n) is 9.07. The predicted octanol–water partition coefficient (Wildman–Crippen LogP) is 3.80. The zero-order valence-electron chi connectivity index (χ0n) is 14.9. The molecule has 2 aliphatic rings. The Morgan fingerprint density at radius 3 is 2.50 bits per heavy atom. The van der Waals surface area contributed by atoms with Crippen molar-refractivity contribution >= 4 is 6.09 Å². The second kappa shape index (κ2) is 7.67. The number of ether oxygens (including phenoxy) is 1. The molecule has 2 rings (SSSR count). The lowest BCUT2D eigenvalue weighted by atomic mass is 9.83. The highest BCUT2D eigenvalue weighted by Crippen LogP contribution is 2.29. The van der Waals surface area contributed by atoms with Crippen molar-refractivity contribution in [1.82, 2.24) is 10.2 Å².